The van der Waals surface area contributed by atoms with Crippen LogP contribution in [-0.4, -0.2) is 81.1 Å². The van der Waals surface area contributed by atoms with E-state index in [-0.39, 0.29) is 11.4 Å². The second kappa shape index (κ2) is 23.2. The molecule has 2 N–H and O–H groups in total. The van der Waals surface area contributed by atoms with E-state index in [0.717, 1.165) is 56.3 Å². The van der Waals surface area contributed by atoms with Gasteiger partial charge in [-0.15, -0.1) is 0 Å². The molecule has 0 bridgehead atoms. The third kappa shape index (κ3) is 13.7. The van der Waals surface area contributed by atoms with Gasteiger partial charge in [-0.2, -0.15) is 36.0 Å². The van der Waals surface area contributed by atoms with Crippen molar-refractivity contribution in [2.45, 2.75) is 59.2 Å². The van der Waals surface area contributed by atoms with Crippen LogP contribution in [0.5, 0.6) is 6.01 Å². The largest absolute Gasteiger partial charge is 0.467 e. The third-order valence-electron chi connectivity index (χ3n) is 7.15. The minimum Gasteiger partial charge on any atom is -0.467 e. The Morgan fingerprint density at radius 3 is 1.98 bits per heavy atom. The van der Waals surface area contributed by atoms with E-state index < -0.39 is 11.7 Å². The Morgan fingerprint density at radius 2 is 1.50 bits per heavy atom. The number of halogens is 3. The van der Waals surface area contributed by atoms with Crippen molar-refractivity contribution in [2.24, 2.45) is 0 Å². The maximum absolute atomic E-state index is 13.6. The van der Waals surface area contributed by atoms with Crippen molar-refractivity contribution in [1.82, 2.24) is 25.5 Å². The number of ether oxygens (including phenoxy) is 1. The Hall–Kier alpha value is -3.11. The van der Waals surface area contributed by atoms with Gasteiger partial charge in [0.2, 0.25) is 0 Å². The van der Waals surface area contributed by atoms with Gasteiger partial charge in [-0.1, -0.05) is 38.1 Å². The van der Waals surface area contributed by atoms with Gasteiger partial charge in [-0.3, -0.25) is 0 Å². The second-order valence-corrected chi connectivity index (χ2v) is 10.3. The molecular formula is C34H52F3N7OS. The van der Waals surface area contributed by atoms with Crippen LogP contribution in [-0.2, 0) is 19.1 Å². The number of methoxy groups -OCH3 is 1. The Kier molecular flexibility index (Phi) is 20.7. The van der Waals surface area contributed by atoms with Crippen LogP contribution in [0.3, 0.4) is 0 Å². The van der Waals surface area contributed by atoms with Crippen LogP contribution in [0.15, 0.2) is 42.6 Å². The first-order valence-corrected chi connectivity index (χ1v) is 16.8. The van der Waals surface area contributed by atoms with Crippen LogP contribution < -0.4 is 20.3 Å². The highest BCUT2D eigenvalue weighted by molar-refractivity contribution is 7.79. The molecule has 0 spiro atoms. The molecule has 2 fully saturated rings. The fraction of sp³-hybridized carbons (Fsp3) is 0.559. The molecule has 2 aromatic carbocycles. The number of thiol groups is 1. The topological polar surface area (TPSA) is 89.3 Å². The number of fused-ring (bicyclic) bond motifs is 2. The highest BCUT2D eigenvalue weighted by atomic mass is 32.1. The van der Waals surface area contributed by atoms with E-state index in [4.69, 9.17) is 10.00 Å². The molecule has 256 valence electrons. The average Bonchev–Trinajstić information content (AvgIpc) is 3.48. The first-order chi connectivity index (χ1) is 22.3. The lowest BCUT2D eigenvalue weighted by molar-refractivity contribution is -0.136. The maximum atomic E-state index is 13.6. The number of aromatic nitrogens is 2. The van der Waals surface area contributed by atoms with Crippen molar-refractivity contribution in [2.75, 3.05) is 71.1 Å². The van der Waals surface area contributed by atoms with E-state index in [0.29, 0.717) is 24.2 Å². The van der Waals surface area contributed by atoms with Crippen molar-refractivity contribution in [3.05, 3.63) is 59.4 Å². The second-order valence-electron chi connectivity index (χ2n) is 10.3. The quantitative estimate of drug-likeness (QED) is 0.265. The molecule has 6 rings (SSSR count). The Labute approximate surface area is 279 Å². The Balaban J connectivity index is 0.000000453. The summed E-state index contributed by atoms with van der Waals surface area (Å²) in [6.45, 7) is 13.7. The average molecular weight is 664 g/mol. The minimum atomic E-state index is -4.41. The molecule has 3 aliphatic heterocycles. The molecule has 0 atom stereocenters. The van der Waals surface area contributed by atoms with Crippen molar-refractivity contribution >= 4 is 29.1 Å². The number of aryl methyl sites for hydroxylation is 1. The maximum Gasteiger partial charge on any atom is 0.417 e. The van der Waals surface area contributed by atoms with Crippen molar-refractivity contribution in [3.63, 3.8) is 0 Å². The smallest absolute Gasteiger partial charge is 0.417 e. The lowest BCUT2D eigenvalue weighted by Gasteiger charge is -2.26. The fourth-order valence-corrected chi connectivity index (χ4v) is 5.09. The van der Waals surface area contributed by atoms with Gasteiger partial charge >= 0.3 is 12.2 Å². The number of nitrogens with zero attached hydrogens (tertiary/aromatic N) is 5. The summed E-state index contributed by atoms with van der Waals surface area (Å²) in [6, 6.07) is 11.6. The molecule has 1 aromatic heterocycles. The number of piperazine rings is 1. The molecule has 8 nitrogen and oxygen atoms in total. The number of nitrogens with one attached hydrogen (secondary N) is 2. The van der Waals surface area contributed by atoms with E-state index in [1.165, 1.54) is 46.0 Å². The van der Waals surface area contributed by atoms with Gasteiger partial charge in [0.1, 0.15) is 0 Å². The molecule has 12 heteroatoms. The number of nitriles is 1. The summed E-state index contributed by atoms with van der Waals surface area (Å²) < 4.78 is 46.0. The predicted molar refractivity (Wildman–Crippen MR) is 187 cm³/mol. The molecule has 0 radical (unpaired) electrons. The van der Waals surface area contributed by atoms with Crippen LogP contribution in [0.1, 0.15) is 56.9 Å². The molecule has 0 amide bonds. The summed E-state index contributed by atoms with van der Waals surface area (Å²) in [5.74, 6) is 0. The zero-order chi connectivity index (χ0) is 34.4. The highest BCUT2D eigenvalue weighted by Crippen LogP contribution is 2.40. The van der Waals surface area contributed by atoms with E-state index in [9.17, 15) is 13.2 Å². The Morgan fingerprint density at radius 1 is 0.935 bits per heavy atom. The summed E-state index contributed by atoms with van der Waals surface area (Å²) in [5.41, 5.74) is 1.77. The van der Waals surface area contributed by atoms with Crippen molar-refractivity contribution in [3.8, 4) is 12.1 Å². The van der Waals surface area contributed by atoms with Gasteiger partial charge in [0.15, 0.2) is 0 Å². The summed E-state index contributed by atoms with van der Waals surface area (Å²) >= 11 is 3.53. The molecule has 0 unspecified atom stereocenters. The summed E-state index contributed by atoms with van der Waals surface area (Å²) in [7, 11) is 3.67. The number of benzene rings is 2. The lowest BCUT2D eigenvalue weighted by atomic mass is 10.0. The van der Waals surface area contributed by atoms with E-state index in [2.05, 4.69) is 45.2 Å². The minimum absolute atomic E-state index is 0.233. The van der Waals surface area contributed by atoms with E-state index in [1.807, 2.05) is 18.7 Å². The van der Waals surface area contributed by atoms with Crippen LogP contribution in [0.25, 0.3) is 10.8 Å². The van der Waals surface area contributed by atoms with Crippen LogP contribution >= 0.6 is 12.6 Å². The number of hydrogen-bond donors (Lipinski definition) is 3. The standard InChI is InChI=1S/C20H18F3N3O.C5H11N.C4H10N2.C2H3N.C2H6.CH4S/c1-27-19-24-11-14-7-4-10-26(12-16(14)25-19)17-9-3-6-13-5-2-8-15(18(13)17)20(21,22)23;1-6-4-2-3-5-6;1-2-6-4-3-5-1;1-2-3;2*1-2/h2-3,5-6,8-9,11H,4,7,10,12H2,1H3;2-5H2,1H3;5-6H,1-4H2;1H3;1-2H3;2H,1H3. The van der Waals surface area contributed by atoms with Crippen LogP contribution in [0, 0.1) is 11.3 Å². The van der Waals surface area contributed by atoms with Gasteiger partial charge < -0.3 is 25.2 Å². The molecule has 4 heterocycles. The Bertz CT molecular complexity index is 1280. The van der Waals surface area contributed by atoms with Crippen LogP contribution in [0.2, 0.25) is 0 Å². The molecule has 0 saturated carbocycles. The van der Waals surface area contributed by atoms with Gasteiger partial charge in [0, 0.05) is 56.9 Å². The first-order valence-electron chi connectivity index (χ1n) is 15.9. The number of anilines is 1. The SMILES string of the molecule is C1CNCCN1.CC.CC#N.CN1CCCC1.COc1ncc2c(n1)CN(c1cccc3cccc(C(F)(F)F)c13)CCC2.CS. The third-order valence-corrected chi connectivity index (χ3v) is 7.15. The summed E-state index contributed by atoms with van der Waals surface area (Å²) in [4.78, 5) is 12.9. The zero-order valence-corrected chi connectivity index (χ0v) is 29.1. The number of rotatable bonds is 2. The molecule has 3 aliphatic rings. The van der Waals surface area contributed by atoms with Crippen molar-refractivity contribution in [1.29, 1.82) is 5.26 Å². The van der Waals surface area contributed by atoms with Crippen molar-refractivity contribution < 1.29 is 17.9 Å². The van der Waals surface area contributed by atoms with Crippen LogP contribution in [0.4, 0.5) is 18.9 Å². The normalized spacial score (nSPS) is 15.5. The fourth-order valence-electron chi connectivity index (χ4n) is 5.09. The zero-order valence-electron chi connectivity index (χ0n) is 28.3. The highest BCUT2D eigenvalue weighted by Gasteiger charge is 2.34. The molecule has 0 aliphatic carbocycles. The van der Waals surface area contributed by atoms with Gasteiger partial charge in [0.05, 0.1) is 31.0 Å². The molecular weight excluding hydrogens is 611 g/mol. The van der Waals surface area contributed by atoms with Gasteiger partial charge in [-0.05, 0) is 75.2 Å². The number of likely N-dealkylation sites (tertiary alicyclic amines) is 1. The van der Waals surface area contributed by atoms with Gasteiger partial charge in [0.25, 0.3) is 0 Å². The molecule has 3 aromatic rings. The summed E-state index contributed by atoms with van der Waals surface area (Å²) in [6.07, 6.45) is 3.45. The monoisotopic (exact) mass is 663 g/mol. The number of hydrogen-bond acceptors (Lipinski definition) is 9. The molecule has 2 saturated heterocycles. The number of alkyl halides is 3. The van der Waals surface area contributed by atoms with Gasteiger partial charge in [-0.25, -0.2) is 4.98 Å². The van der Waals surface area contributed by atoms with E-state index in [1.54, 1.807) is 42.8 Å². The predicted octanol–water partition coefficient (Wildman–Crippen LogP) is 6.60. The first kappa shape index (κ1) is 40.9. The summed E-state index contributed by atoms with van der Waals surface area (Å²) in [5, 5.41) is 14.6. The lowest BCUT2D eigenvalue weighted by Crippen LogP contribution is -2.39. The van der Waals surface area contributed by atoms with E-state index >= 15 is 0 Å². The molecule has 46 heavy (non-hydrogen) atoms.